The predicted octanol–water partition coefficient (Wildman–Crippen LogP) is 2.52. The van der Waals surface area contributed by atoms with Crippen molar-refractivity contribution in [2.45, 2.75) is 76.6 Å². The standard InChI is InChI=1S/2C9H17NO/c1-8(2)10-5-6-11-7-9(10)3-4-9;1-8(2)10-5-6-11-9(7-10)3-4-9/h2*8H,3-7H2,1-2H3. The highest BCUT2D eigenvalue weighted by molar-refractivity contribution is 5.06. The van der Waals surface area contributed by atoms with E-state index in [1.54, 1.807) is 0 Å². The largest absolute Gasteiger partial charge is 0.378 e. The molecule has 2 aliphatic carbocycles. The second-order valence-electron chi connectivity index (χ2n) is 8.16. The second kappa shape index (κ2) is 6.39. The molecule has 0 unspecified atom stereocenters. The molecular weight excluding hydrogens is 276 g/mol. The minimum absolute atomic E-state index is 0.308. The fraction of sp³-hybridized carbons (Fsp3) is 1.00. The van der Waals surface area contributed by atoms with E-state index in [-0.39, 0.29) is 0 Å². The molecule has 4 fully saturated rings. The van der Waals surface area contributed by atoms with E-state index in [4.69, 9.17) is 9.47 Å². The van der Waals surface area contributed by atoms with Crippen molar-refractivity contribution in [3.63, 3.8) is 0 Å². The Hall–Kier alpha value is -0.160. The lowest BCUT2D eigenvalue weighted by Crippen LogP contribution is -2.50. The van der Waals surface area contributed by atoms with Crippen LogP contribution in [0.1, 0.15) is 53.4 Å². The highest BCUT2D eigenvalue weighted by atomic mass is 16.5. The minimum atomic E-state index is 0.308. The highest BCUT2D eigenvalue weighted by Gasteiger charge is 2.50. The van der Waals surface area contributed by atoms with Gasteiger partial charge in [0.25, 0.3) is 0 Å². The molecular formula is C18H34N2O2. The van der Waals surface area contributed by atoms with Crippen molar-refractivity contribution in [3.05, 3.63) is 0 Å². The number of hydrogen-bond donors (Lipinski definition) is 0. The molecule has 0 aromatic rings. The van der Waals surface area contributed by atoms with Crippen molar-refractivity contribution < 1.29 is 9.47 Å². The van der Waals surface area contributed by atoms with Gasteiger partial charge in [-0.2, -0.15) is 0 Å². The summed E-state index contributed by atoms with van der Waals surface area (Å²) in [4.78, 5) is 5.13. The zero-order chi connectivity index (χ0) is 15.8. The third-order valence-corrected chi connectivity index (χ3v) is 5.72. The van der Waals surface area contributed by atoms with Crippen molar-refractivity contribution in [1.82, 2.24) is 9.80 Å². The molecule has 4 heteroatoms. The SMILES string of the molecule is CC(C)N1CCOC2(CC2)C1.CC(C)N1CCOCC12CC2. The third kappa shape index (κ3) is 3.66. The Bertz CT molecular complexity index is 375. The van der Waals surface area contributed by atoms with E-state index in [9.17, 15) is 0 Å². The molecule has 2 spiro atoms. The molecule has 0 radical (unpaired) electrons. The summed E-state index contributed by atoms with van der Waals surface area (Å²) in [7, 11) is 0. The fourth-order valence-electron chi connectivity index (χ4n) is 3.88. The number of rotatable bonds is 2. The first-order valence-corrected chi connectivity index (χ1v) is 9.19. The van der Waals surface area contributed by atoms with E-state index in [1.165, 1.54) is 32.2 Å². The first kappa shape index (κ1) is 16.7. The summed E-state index contributed by atoms with van der Waals surface area (Å²) in [6.07, 6.45) is 5.28. The molecule has 4 aliphatic rings. The molecule has 0 bridgehead atoms. The Balaban J connectivity index is 0.000000131. The molecule has 0 aromatic heterocycles. The van der Waals surface area contributed by atoms with Gasteiger partial charge >= 0.3 is 0 Å². The van der Waals surface area contributed by atoms with E-state index < -0.39 is 0 Å². The van der Waals surface area contributed by atoms with Gasteiger partial charge in [0, 0.05) is 37.3 Å². The first-order chi connectivity index (χ1) is 10.5. The quantitative estimate of drug-likeness (QED) is 0.782. The van der Waals surface area contributed by atoms with Gasteiger partial charge in [0.2, 0.25) is 0 Å². The number of ether oxygens (including phenoxy) is 2. The van der Waals surface area contributed by atoms with Gasteiger partial charge in [-0.15, -0.1) is 0 Å². The summed E-state index contributed by atoms with van der Waals surface area (Å²) in [5, 5.41) is 0. The molecule has 22 heavy (non-hydrogen) atoms. The lowest BCUT2D eigenvalue weighted by Gasteiger charge is -2.38. The molecule has 128 valence electrons. The van der Waals surface area contributed by atoms with E-state index in [0.717, 1.165) is 32.9 Å². The van der Waals surface area contributed by atoms with Crippen LogP contribution in [-0.4, -0.2) is 72.5 Å². The monoisotopic (exact) mass is 310 g/mol. The van der Waals surface area contributed by atoms with Gasteiger partial charge < -0.3 is 9.47 Å². The number of morpholine rings is 2. The molecule has 2 heterocycles. The van der Waals surface area contributed by atoms with Crippen LogP contribution in [0.25, 0.3) is 0 Å². The van der Waals surface area contributed by atoms with Crippen LogP contribution in [0, 0.1) is 0 Å². The van der Waals surface area contributed by atoms with E-state index >= 15 is 0 Å². The van der Waals surface area contributed by atoms with E-state index in [0.29, 0.717) is 23.2 Å². The van der Waals surface area contributed by atoms with Crippen LogP contribution in [0.2, 0.25) is 0 Å². The maximum absolute atomic E-state index is 5.72. The molecule has 4 nitrogen and oxygen atoms in total. The summed E-state index contributed by atoms with van der Waals surface area (Å²) in [5.41, 5.74) is 0.787. The van der Waals surface area contributed by atoms with Crippen LogP contribution >= 0.6 is 0 Å². The normalized spacial score (nSPS) is 29.7. The van der Waals surface area contributed by atoms with Crippen LogP contribution in [0.5, 0.6) is 0 Å². The predicted molar refractivity (Wildman–Crippen MR) is 89.3 cm³/mol. The van der Waals surface area contributed by atoms with Crippen molar-refractivity contribution in [2.75, 3.05) is 39.5 Å². The van der Waals surface area contributed by atoms with Gasteiger partial charge in [0.15, 0.2) is 0 Å². The summed E-state index contributed by atoms with van der Waals surface area (Å²) in [6.45, 7) is 15.4. The van der Waals surface area contributed by atoms with Crippen LogP contribution in [0.3, 0.4) is 0 Å². The minimum Gasteiger partial charge on any atom is -0.378 e. The number of nitrogens with zero attached hydrogens (tertiary/aromatic N) is 2. The van der Waals surface area contributed by atoms with Crippen molar-refractivity contribution >= 4 is 0 Å². The molecule has 2 aliphatic heterocycles. The molecule has 0 atom stereocenters. The average Bonchev–Trinajstić information content (AvgIpc) is 3.41. The lowest BCUT2D eigenvalue weighted by atomic mass is 10.1. The molecule has 0 amide bonds. The van der Waals surface area contributed by atoms with Crippen LogP contribution in [0.15, 0.2) is 0 Å². The van der Waals surface area contributed by atoms with Crippen LogP contribution in [0.4, 0.5) is 0 Å². The zero-order valence-corrected chi connectivity index (χ0v) is 14.9. The van der Waals surface area contributed by atoms with Gasteiger partial charge in [-0.3, -0.25) is 9.80 Å². The van der Waals surface area contributed by atoms with E-state index in [2.05, 4.69) is 37.5 Å². The molecule has 2 saturated heterocycles. The Morgan fingerprint density at radius 1 is 0.864 bits per heavy atom. The van der Waals surface area contributed by atoms with Gasteiger partial charge in [0.05, 0.1) is 25.4 Å². The Kier molecular flexibility index (Phi) is 4.84. The van der Waals surface area contributed by atoms with Crippen molar-refractivity contribution in [1.29, 1.82) is 0 Å². The molecule has 0 aromatic carbocycles. The average molecular weight is 310 g/mol. The lowest BCUT2D eigenvalue weighted by molar-refractivity contribution is -0.0553. The smallest absolute Gasteiger partial charge is 0.0811 e. The van der Waals surface area contributed by atoms with E-state index in [1.807, 2.05) is 0 Å². The highest BCUT2D eigenvalue weighted by Crippen LogP contribution is 2.44. The summed E-state index contributed by atoms with van der Waals surface area (Å²) in [6, 6.07) is 1.39. The maximum atomic E-state index is 5.72. The van der Waals surface area contributed by atoms with Gasteiger partial charge in [0.1, 0.15) is 0 Å². The Labute approximate surface area is 136 Å². The number of hydrogen-bond acceptors (Lipinski definition) is 4. The topological polar surface area (TPSA) is 24.9 Å². The fourth-order valence-corrected chi connectivity index (χ4v) is 3.88. The van der Waals surface area contributed by atoms with Gasteiger partial charge in [-0.1, -0.05) is 0 Å². The summed E-state index contributed by atoms with van der Waals surface area (Å²) in [5.74, 6) is 0. The van der Waals surface area contributed by atoms with Crippen molar-refractivity contribution in [3.8, 4) is 0 Å². The second-order valence-corrected chi connectivity index (χ2v) is 8.16. The van der Waals surface area contributed by atoms with Gasteiger partial charge in [-0.25, -0.2) is 0 Å². The Morgan fingerprint density at radius 2 is 1.59 bits per heavy atom. The Morgan fingerprint density at radius 3 is 2.09 bits per heavy atom. The molecule has 4 rings (SSSR count). The molecule has 0 N–H and O–H groups in total. The molecule has 2 saturated carbocycles. The first-order valence-electron chi connectivity index (χ1n) is 9.19. The van der Waals surface area contributed by atoms with Crippen molar-refractivity contribution in [2.24, 2.45) is 0 Å². The summed E-state index contributed by atoms with van der Waals surface area (Å²) < 4.78 is 11.2. The van der Waals surface area contributed by atoms with Crippen LogP contribution in [-0.2, 0) is 9.47 Å². The van der Waals surface area contributed by atoms with Crippen LogP contribution < -0.4 is 0 Å². The third-order valence-electron chi connectivity index (χ3n) is 5.72. The zero-order valence-electron chi connectivity index (χ0n) is 14.9. The van der Waals surface area contributed by atoms with Gasteiger partial charge in [-0.05, 0) is 53.4 Å². The summed E-state index contributed by atoms with van der Waals surface area (Å²) >= 11 is 0. The maximum Gasteiger partial charge on any atom is 0.0811 e.